The second kappa shape index (κ2) is 5.82. The Hall–Kier alpha value is -2.12. The van der Waals surface area contributed by atoms with Crippen molar-refractivity contribution in [1.82, 2.24) is 4.72 Å². The Morgan fingerprint density at radius 3 is 2.78 bits per heavy atom. The lowest BCUT2D eigenvalue weighted by Gasteiger charge is -2.16. The predicted molar refractivity (Wildman–Crippen MR) is 85.6 cm³/mol. The van der Waals surface area contributed by atoms with E-state index in [1.54, 1.807) is 36.1 Å². The molecular formula is C16H18N2O4S. The molecule has 1 atom stereocenters. The van der Waals surface area contributed by atoms with E-state index in [1.807, 2.05) is 0 Å². The van der Waals surface area contributed by atoms with Gasteiger partial charge in [-0.15, -0.1) is 0 Å². The molecular weight excluding hydrogens is 316 g/mol. The topological polar surface area (TPSA) is 79.6 Å². The molecule has 0 saturated heterocycles. The molecule has 2 aromatic rings. The zero-order valence-corrected chi connectivity index (χ0v) is 13.8. The van der Waals surface area contributed by atoms with Crippen molar-refractivity contribution in [3.8, 4) is 0 Å². The van der Waals surface area contributed by atoms with Gasteiger partial charge in [0.05, 0.1) is 17.2 Å². The number of hydrogen-bond acceptors (Lipinski definition) is 4. The van der Waals surface area contributed by atoms with Gasteiger partial charge in [0.2, 0.25) is 15.9 Å². The molecule has 1 aliphatic rings. The Morgan fingerprint density at radius 2 is 2.13 bits per heavy atom. The van der Waals surface area contributed by atoms with Crippen molar-refractivity contribution in [3.63, 3.8) is 0 Å². The molecule has 0 aliphatic carbocycles. The minimum Gasteiger partial charge on any atom is -0.468 e. The van der Waals surface area contributed by atoms with Crippen molar-refractivity contribution in [1.29, 1.82) is 0 Å². The Morgan fingerprint density at radius 1 is 1.35 bits per heavy atom. The fraction of sp³-hybridized carbons (Fsp3) is 0.312. The van der Waals surface area contributed by atoms with Crippen molar-refractivity contribution >= 4 is 21.6 Å². The molecule has 0 fully saturated rings. The predicted octanol–water partition coefficient (Wildman–Crippen LogP) is 2.23. The fourth-order valence-corrected chi connectivity index (χ4v) is 4.03. The molecule has 0 radical (unpaired) electrons. The number of nitrogens with zero attached hydrogens (tertiary/aromatic N) is 1. The van der Waals surface area contributed by atoms with Gasteiger partial charge < -0.3 is 9.32 Å². The van der Waals surface area contributed by atoms with Crippen LogP contribution in [0.5, 0.6) is 0 Å². The summed E-state index contributed by atoms with van der Waals surface area (Å²) in [5, 5.41) is 0. The Balaban J connectivity index is 1.86. The van der Waals surface area contributed by atoms with Gasteiger partial charge in [-0.05, 0) is 49.2 Å². The molecule has 0 saturated carbocycles. The van der Waals surface area contributed by atoms with Crippen LogP contribution >= 0.6 is 0 Å². The third-order valence-electron chi connectivity index (χ3n) is 3.94. The normalized spacial score (nSPS) is 15.5. The van der Waals surface area contributed by atoms with Crippen LogP contribution in [-0.2, 0) is 21.2 Å². The van der Waals surface area contributed by atoms with Gasteiger partial charge in [-0.25, -0.2) is 13.1 Å². The van der Waals surface area contributed by atoms with E-state index in [-0.39, 0.29) is 10.8 Å². The second-order valence-corrected chi connectivity index (χ2v) is 7.28. The lowest BCUT2D eigenvalue weighted by atomic mass is 10.2. The molecule has 0 unspecified atom stereocenters. The summed E-state index contributed by atoms with van der Waals surface area (Å²) >= 11 is 0. The molecule has 1 aromatic carbocycles. The van der Waals surface area contributed by atoms with E-state index in [9.17, 15) is 13.2 Å². The Labute approximate surface area is 135 Å². The minimum absolute atomic E-state index is 0.0380. The molecule has 23 heavy (non-hydrogen) atoms. The molecule has 0 bridgehead atoms. The summed E-state index contributed by atoms with van der Waals surface area (Å²) in [6.45, 7) is 3.82. The van der Waals surface area contributed by atoms with Crippen LogP contribution in [0.1, 0.15) is 31.2 Å². The van der Waals surface area contributed by atoms with E-state index >= 15 is 0 Å². The van der Waals surface area contributed by atoms with Crippen LogP contribution in [0.3, 0.4) is 0 Å². The maximum Gasteiger partial charge on any atom is 0.241 e. The summed E-state index contributed by atoms with van der Waals surface area (Å²) in [4.78, 5) is 13.4. The van der Waals surface area contributed by atoms with Gasteiger partial charge in [0, 0.05) is 19.2 Å². The number of amides is 1. The zero-order valence-electron chi connectivity index (χ0n) is 12.9. The van der Waals surface area contributed by atoms with Gasteiger partial charge in [-0.2, -0.15) is 0 Å². The first-order chi connectivity index (χ1) is 10.9. The summed E-state index contributed by atoms with van der Waals surface area (Å²) in [6.07, 6.45) is 2.16. The number of furan rings is 1. The van der Waals surface area contributed by atoms with Crippen molar-refractivity contribution < 1.29 is 17.6 Å². The fourth-order valence-electron chi connectivity index (χ4n) is 2.77. The van der Waals surface area contributed by atoms with Crippen LogP contribution < -0.4 is 9.62 Å². The van der Waals surface area contributed by atoms with Crippen molar-refractivity contribution in [2.24, 2.45) is 0 Å². The van der Waals surface area contributed by atoms with Gasteiger partial charge in [-0.3, -0.25) is 4.79 Å². The maximum absolute atomic E-state index is 12.5. The quantitative estimate of drug-likeness (QED) is 0.930. The lowest BCUT2D eigenvalue weighted by molar-refractivity contribution is -0.116. The molecule has 1 aliphatic heterocycles. The number of sulfonamides is 1. The smallest absolute Gasteiger partial charge is 0.241 e. The highest BCUT2D eigenvalue weighted by Gasteiger charge is 2.26. The number of anilines is 1. The first kappa shape index (κ1) is 15.8. The minimum atomic E-state index is -3.66. The van der Waals surface area contributed by atoms with E-state index in [0.29, 0.717) is 18.7 Å². The van der Waals surface area contributed by atoms with Crippen molar-refractivity contribution in [3.05, 3.63) is 47.9 Å². The highest BCUT2D eigenvalue weighted by molar-refractivity contribution is 7.89. The third-order valence-corrected chi connectivity index (χ3v) is 5.48. The first-order valence-electron chi connectivity index (χ1n) is 7.35. The molecule has 1 N–H and O–H groups in total. The van der Waals surface area contributed by atoms with Crippen molar-refractivity contribution in [2.75, 3.05) is 11.4 Å². The standard InChI is InChI=1S/C16H18N2O4S/c1-11(16-4-3-9-22-16)17-23(20,21)14-5-6-15-13(10-14)7-8-18(15)12(2)19/h3-6,9-11,17H,7-8H2,1-2H3/t11-/m0/s1. The summed E-state index contributed by atoms with van der Waals surface area (Å²) in [7, 11) is -3.66. The van der Waals surface area contributed by atoms with E-state index in [1.165, 1.54) is 19.3 Å². The average Bonchev–Trinajstić information content (AvgIpc) is 3.15. The van der Waals surface area contributed by atoms with Crippen LogP contribution in [0, 0.1) is 0 Å². The summed E-state index contributed by atoms with van der Waals surface area (Å²) < 4.78 is 32.9. The van der Waals surface area contributed by atoms with E-state index < -0.39 is 16.1 Å². The van der Waals surface area contributed by atoms with E-state index in [0.717, 1.165) is 11.3 Å². The van der Waals surface area contributed by atoms with Crippen LogP contribution in [0.2, 0.25) is 0 Å². The van der Waals surface area contributed by atoms with E-state index in [2.05, 4.69) is 4.72 Å². The van der Waals surface area contributed by atoms with Gasteiger partial charge in [0.25, 0.3) is 0 Å². The van der Waals surface area contributed by atoms with E-state index in [4.69, 9.17) is 4.42 Å². The average molecular weight is 334 g/mol. The Bertz CT molecular complexity index is 828. The molecule has 6 nitrogen and oxygen atoms in total. The maximum atomic E-state index is 12.5. The first-order valence-corrected chi connectivity index (χ1v) is 8.83. The number of nitrogens with one attached hydrogen (secondary N) is 1. The number of rotatable bonds is 4. The monoisotopic (exact) mass is 334 g/mol. The highest BCUT2D eigenvalue weighted by Crippen LogP contribution is 2.30. The largest absolute Gasteiger partial charge is 0.468 e. The summed E-state index contributed by atoms with van der Waals surface area (Å²) in [5.41, 5.74) is 1.66. The number of benzene rings is 1. The molecule has 0 spiro atoms. The molecule has 1 aromatic heterocycles. The van der Waals surface area contributed by atoms with Gasteiger partial charge >= 0.3 is 0 Å². The molecule has 7 heteroatoms. The van der Waals surface area contributed by atoms with Crippen LogP contribution in [0.25, 0.3) is 0 Å². The number of fused-ring (bicyclic) bond motifs is 1. The van der Waals surface area contributed by atoms with Crippen LogP contribution in [0.4, 0.5) is 5.69 Å². The molecule has 122 valence electrons. The molecule has 3 rings (SSSR count). The van der Waals surface area contributed by atoms with Gasteiger partial charge in [0.15, 0.2) is 0 Å². The van der Waals surface area contributed by atoms with Gasteiger partial charge in [0.1, 0.15) is 5.76 Å². The number of carbonyl (C=O) groups excluding carboxylic acids is 1. The third kappa shape index (κ3) is 3.02. The lowest BCUT2D eigenvalue weighted by Crippen LogP contribution is -2.27. The number of carbonyl (C=O) groups is 1. The van der Waals surface area contributed by atoms with Gasteiger partial charge in [-0.1, -0.05) is 0 Å². The molecule has 2 heterocycles. The summed E-state index contributed by atoms with van der Waals surface area (Å²) in [5.74, 6) is 0.515. The second-order valence-electron chi connectivity index (χ2n) is 5.57. The molecule has 1 amide bonds. The van der Waals surface area contributed by atoms with Crippen LogP contribution in [-0.4, -0.2) is 20.9 Å². The highest BCUT2D eigenvalue weighted by atomic mass is 32.2. The SMILES string of the molecule is CC(=O)N1CCc2cc(S(=O)(=O)N[C@@H](C)c3ccco3)ccc21. The van der Waals surface area contributed by atoms with Crippen LogP contribution in [0.15, 0.2) is 45.9 Å². The number of hydrogen-bond donors (Lipinski definition) is 1. The Kier molecular flexibility index (Phi) is 3.99. The zero-order chi connectivity index (χ0) is 16.6. The van der Waals surface area contributed by atoms with Crippen molar-refractivity contribution in [2.45, 2.75) is 31.2 Å². The summed E-state index contributed by atoms with van der Waals surface area (Å²) in [6, 6.07) is 7.83.